The van der Waals surface area contributed by atoms with Gasteiger partial charge >= 0.3 is 0 Å². The molecule has 0 amide bonds. The van der Waals surface area contributed by atoms with E-state index in [1.54, 1.807) is 19.1 Å². The second-order valence-corrected chi connectivity index (χ2v) is 4.89. The second kappa shape index (κ2) is 5.72. The van der Waals surface area contributed by atoms with E-state index in [4.69, 9.17) is 11.0 Å². The molecule has 0 saturated carbocycles. The Morgan fingerprint density at radius 2 is 2.25 bits per heavy atom. The van der Waals surface area contributed by atoms with Gasteiger partial charge in [-0.25, -0.2) is 4.39 Å². The fraction of sp³-hybridized carbons (Fsp3) is 0.0714. The molecule has 0 aliphatic heterocycles. The predicted octanol–water partition coefficient (Wildman–Crippen LogP) is 2.92. The molecule has 2 N–H and O–H groups in total. The van der Waals surface area contributed by atoms with Crippen molar-refractivity contribution in [3.8, 4) is 5.40 Å². The zero-order valence-electron chi connectivity index (χ0n) is 10.6. The highest BCUT2D eigenvalue weighted by molar-refractivity contribution is 8.03. The Morgan fingerprint density at radius 1 is 1.50 bits per heavy atom. The number of carbonyl (C=O) groups is 1. The molecule has 0 saturated heterocycles. The van der Waals surface area contributed by atoms with Crippen LogP contribution in [0.25, 0.3) is 0 Å². The highest BCUT2D eigenvalue weighted by Gasteiger charge is 2.19. The lowest BCUT2D eigenvalue weighted by Crippen LogP contribution is -2.09. The lowest BCUT2D eigenvalue weighted by atomic mass is 10.0. The fourth-order valence-corrected chi connectivity index (χ4v) is 2.26. The number of ketones is 1. The SMILES string of the molecule is Cc1cccnc1C(=O)c1cc(N)c(F)cc1SC#N. The first-order valence-electron chi connectivity index (χ1n) is 5.66. The summed E-state index contributed by atoms with van der Waals surface area (Å²) in [5, 5.41) is 10.6. The van der Waals surface area contributed by atoms with Crippen LogP contribution in [0, 0.1) is 23.4 Å². The average Bonchev–Trinajstić information content (AvgIpc) is 2.43. The molecule has 20 heavy (non-hydrogen) atoms. The molecule has 0 bridgehead atoms. The summed E-state index contributed by atoms with van der Waals surface area (Å²) in [6.07, 6.45) is 1.50. The van der Waals surface area contributed by atoms with Gasteiger partial charge in [0.2, 0.25) is 5.78 Å². The number of aryl methyl sites for hydroxylation is 1. The van der Waals surface area contributed by atoms with Crippen LogP contribution in [0.4, 0.5) is 10.1 Å². The summed E-state index contributed by atoms with van der Waals surface area (Å²) in [7, 11) is 0. The normalized spacial score (nSPS) is 10.1. The summed E-state index contributed by atoms with van der Waals surface area (Å²) in [4.78, 5) is 16.7. The summed E-state index contributed by atoms with van der Waals surface area (Å²) >= 11 is 0.715. The summed E-state index contributed by atoms with van der Waals surface area (Å²) in [6, 6.07) is 5.81. The van der Waals surface area contributed by atoms with E-state index in [-0.39, 0.29) is 27.6 Å². The zero-order valence-corrected chi connectivity index (χ0v) is 11.4. The van der Waals surface area contributed by atoms with E-state index in [0.29, 0.717) is 17.3 Å². The van der Waals surface area contributed by atoms with Crippen molar-refractivity contribution in [2.75, 3.05) is 5.73 Å². The summed E-state index contributed by atoms with van der Waals surface area (Å²) in [5.41, 5.74) is 6.51. The van der Waals surface area contributed by atoms with Gasteiger partial charge < -0.3 is 5.73 Å². The highest BCUT2D eigenvalue weighted by atomic mass is 32.2. The van der Waals surface area contributed by atoms with Gasteiger partial charge in [-0.1, -0.05) is 6.07 Å². The van der Waals surface area contributed by atoms with Crippen LogP contribution >= 0.6 is 11.8 Å². The molecule has 0 fully saturated rings. The van der Waals surface area contributed by atoms with Crippen molar-refractivity contribution in [3.63, 3.8) is 0 Å². The topological polar surface area (TPSA) is 79.8 Å². The number of hydrogen-bond donors (Lipinski definition) is 1. The Balaban J connectivity index is 2.57. The van der Waals surface area contributed by atoms with E-state index in [9.17, 15) is 9.18 Å². The van der Waals surface area contributed by atoms with Gasteiger partial charge in [0.15, 0.2) is 0 Å². The smallest absolute Gasteiger partial charge is 0.212 e. The van der Waals surface area contributed by atoms with E-state index in [1.165, 1.54) is 12.3 Å². The maximum absolute atomic E-state index is 13.5. The Kier molecular flexibility index (Phi) is 4.01. The van der Waals surface area contributed by atoms with Gasteiger partial charge in [0.1, 0.15) is 16.9 Å². The third kappa shape index (κ3) is 2.63. The number of nitrogen functional groups attached to an aromatic ring is 1. The van der Waals surface area contributed by atoms with Gasteiger partial charge in [0, 0.05) is 16.7 Å². The van der Waals surface area contributed by atoms with Crippen LogP contribution in [0.15, 0.2) is 35.4 Å². The molecule has 100 valence electrons. The highest BCUT2D eigenvalue weighted by Crippen LogP contribution is 2.28. The van der Waals surface area contributed by atoms with E-state index in [2.05, 4.69) is 4.98 Å². The molecule has 2 aromatic rings. The maximum Gasteiger partial charge on any atom is 0.212 e. The monoisotopic (exact) mass is 287 g/mol. The van der Waals surface area contributed by atoms with Crippen molar-refractivity contribution in [2.45, 2.75) is 11.8 Å². The Bertz CT molecular complexity index is 725. The van der Waals surface area contributed by atoms with Gasteiger partial charge in [0.05, 0.1) is 5.69 Å². The molecule has 0 spiro atoms. The number of halogens is 1. The third-order valence-corrected chi connectivity index (χ3v) is 3.37. The number of anilines is 1. The third-order valence-electron chi connectivity index (χ3n) is 2.72. The van der Waals surface area contributed by atoms with Crippen LogP contribution in [0.3, 0.4) is 0 Å². The molecule has 0 aliphatic carbocycles. The fourth-order valence-electron chi connectivity index (χ4n) is 1.73. The van der Waals surface area contributed by atoms with Crippen molar-refractivity contribution >= 4 is 23.2 Å². The minimum atomic E-state index is -0.656. The van der Waals surface area contributed by atoms with Crippen molar-refractivity contribution in [1.82, 2.24) is 4.98 Å². The van der Waals surface area contributed by atoms with Crippen molar-refractivity contribution < 1.29 is 9.18 Å². The molecule has 2 rings (SSSR count). The van der Waals surface area contributed by atoms with E-state index in [1.807, 2.05) is 5.40 Å². The minimum Gasteiger partial charge on any atom is -0.396 e. The molecule has 1 heterocycles. The maximum atomic E-state index is 13.5. The summed E-state index contributed by atoms with van der Waals surface area (Å²) in [6.45, 7) is 1.75. The van der Waals surface area contributed by atoms with Gasteiger partial charge in [-0.3, -0.25) is 9.78 Å². The van der Waals surface area contributed by atoms with Crippen molar-refractivity contribution in [2.24, 2.45) is 0 Å². The number of aromatic nitrogens is 1. The minimum absolute atomic E-state index is 0.135. The van der Waals surface area contributed by atoms with Gasteiger partial charge in [0.25, 0.3) is 0 Å². The number of carbonyl (C=O) groups excluding carboxylic acids is 1. The lowest BCUT2D eigenvalue weighted by molar-refractivity contribution is 0.103. The summed E-state index contributed by atoms with van der Waals surface area (Å²) in [5.74, 6) is -1.04. The number of nitriles is 1. The molecule has 6 heteroatoms. The standard InChI is InChI=1S/C14H10FN3OS/c1-8-3-2-4-18-13(8)14(19)9-5-11(17)10(15)6-12(9)20-7-16/h2-6H,17H2,1H3. The van der Waals surface area contributed by atoms with Crippen molar-refractivity contribution in [3.05, 3.63) is 53.1 Å². The Morgan fingerprint density at radius 3 is 2.90 bits per heavy atom. The first-order chi connectivity index (χ1) is 9.54. The molecule has 0 aliphatic rings. The number of nitrogens with zero attached hydrogens (tertiary/aromatic N) is 2. The quantitative estimate of drug-likeness (QED) is 0.406. The number of nitrogens with two attached hydrogens (primary N) is 1. The predicted molar refractivity (Wildman–Crippen MR) is 74.7 cm³/mol. The summed E-state index contributed by atoms with van der Waals surface area (Å²) < 4.78 is 13.5. The number of hydrogen-bond acceptors (Lipinski definition) is 5. The second-order valence-electron chi connectivity index (χ2n) is 4.06. The van der Waals surface area contributed by atoms with Gasteiger partial charge in [-0.2, -0.15) is 5.26 Å². The zero-order chi connectivity index (χ0) is 14.7. The van der Waals surface area contributed by atoms with Crippen LogP contribution in [-0.4, -0.2) is 10.8 Å². The Labute approximate surface area is 119 Å². The van der Waals surface area contributed by atoms with Crippen LogP contribution in [0.5, 0.6) is 0 Å². The number of thioether (sulfide) groups is 1. The number of thiocyanates is 1. The molecule has 1 aromatic carbocycles. The average molecular weight is 287 g/mol. The molecular weight excluding hydrogens is 277 g/mol. The first kappa shape index (κ1) is 14.0. The molecule has 0 radical (unpaired) electrons. The van der Waals surface area contributed by atoms with Crippen LogP contribution < -0.4 is 5.73 Å². The van der Waals surface area contributed by atoms with E-state index in [0.717, 1.165) is 6.07 Å². The van der Waals surface area contributed by atoms with Crippen LogP contribution in [0.2, 0.25) is 0 Å². The number of pyridine rings is 1. The molecule has 1 aromatic heterocycles. The molecular formula is C14H10FN3OS. The van der Waals surface area contributed by atoms with Gasteiger partial charge in [-0.15, -0.1) is 0 Å². The number of rotatable bonds is 3. The Hall–Kier alpha value is -2.39. The largest absolute Gasteiger partial charge is 0.396 e. The van der Waals surface area contributed by atoms with E-state index >= 15 is 0 Å². The lowest BCUT2D eigenvalue weighted by Gasteiger charge is -2.08. The first-order valence-corrected chi connectivity index (χ1v) is 6.47. The van der Waals surface area contributed by atoms with E-state index < -0.39 is 5.82 Å². The van der Waals surface area contributed by atoms with Crippen LogP contribution in [-0.2, 0) is 0 Å². The van der Waals surface area contributed by atoms with Gasteiger partial charge in [-0.05, 0) is 42.4 Å². The van der Waals surface area contributed by atoms with Crippen LogP contribution in [0.1, 0.15) is 21.6 Å². The molecule has 4 nitrogen and oxygen atoms in total. The molecule has 0 atom stereocenters. The molecule has 0 unspecified atom stereocenters. The van der Waals surface area contributed by atoms with Crippen molar-refractivity contribution in [1.29, 1.82) is 5.26 Å². The number of benzene rings is 1.